The van der Waals surface area contributed by atoms with E-state index in [1.54, 1.807) is 17.0 Å². The van der Waals surface area contributed by atoms with Gasteiger partial charge in [0, 0.05) is 12.2 Å². The fourth-order valence-corrected chi connectivity index (χ4v) is 1.80. The fraction of sp³-hybridized carbons (Fsp3) is 0.500. The number of hydrogen-bond donors (Lipinski definition) is 0. The van der Waals surface area contributed by atoms with Crippen LogP contribution in [-0.2, 0) is 9.53 Å². The molecule has 0 heterocycles. The number of anilines is 1. The Kier molecular flexibility index (Phi) is 4.31. The second kappa shape index (κ2) is 5.96. The molecule has 1 aliphatic carbocycles. The number of likely N-dealkylation sites (N-methyl/N-ethyl adjacent to an activating group) is 1. The van der Waals surface area contributed by atoms with Crippen molar-refractivity contribution in [1.29, 1.82) is 0 Å². The van der Waals surface area contributed by atoms with Crippen molar-refractivity contribution in [2.45, 2.75) is 19.8 Å². The van der Waals surface area contributed by atoms with Crippen LogP contribution < -0.4 is 4.90 Å². The number of ether oxygens (including phenoxy) is 1. The van der Waals surface area contributed by atoms with Gasteiger partial charge in [-0.3, -0.25) is 4.79 Å². The van der Waals surface area contributed by atoms with E-state index < -0.39 is 0 Å². The first-order valence-electron chi connectivity index (χ1n) is 6.34. The van der Waals surface area contributed by atoms with Gasteiger partial charge in [0.25, 0.3) is 5.91 Å². The number of benzene rings is 1. The summed E-state index contributed by atoms with van der Waals surface area (Å²) < 4.78 is 18.2. The SMILES string of the molecule is CCN(C(=O)COCC1CC1)c1ccc(F)cc1. The topological polar surface area (TPSA) is 29.5 Å². The predicted molar refractivity (Wildman–Crippen MR) is 68.0 cm³/mol. The Morgan fingerprint density at radius 3 is 2.61 bits per heavy atom. The van der Waals surface area contributed by atoms with Gasteiger partial charge >= 0.3 is 0 Å². The first-order chi connectivity index (χ1) is 8.70. The molecule has 0 saturated heterocycles. The molecule has 1 aromatic rings. The third-order valence-corrected chi connectivity index (χ3v) is 3.03. The Labute approximate surface area is 107 Å². The quantitative estimate of drug-likeness (QED) is 0.777. The zero-order valence-electron chi connectivity index (χ0n) is 10.6. The molecule has 4 heteroatoms. The van der Waals surface area contributed by atoms with E-state index in [9.17, 15) is 9.18 Å². The number of carbonyl (C=O) groups excluding carboxylic acids is 1. The lowest BCUT2D eigenvalue weighted by Crippen LogP contribution is -2.34. The van der Waals surface area contributed by atoms with Gasteiger partial charge in [-0.15, -0.1) is 0 Å². The van der Waals surface area contributed by atoms with Crippen molar-refractivity contribution >= 4 is 11.6 Å². The highest BCUT2D eigenvalue weighted by Crippen LogP contribution is 2.28. The molecular formula is C14H18FNO2. The van der Waals surface area contributed by atoms with Gasteiger partial charge < -0.3 is 9.64 Å². The minimum Gasteiger partial charge on any atom is -0.371 e. The van der Waals surface area contributed by atoms with Gasteiger partial charge in [-0.25, -0.2) is 4.39 Å². The molecule has 98 valence electrons. The number of halogens is 1. The van der Waals surface area contributed by atoms with Gasteiger partial charge in [0.15, 0.2) is 0 Å². The smallest absolute Gasteiger partial charge is 0.252 e. The van der Waals surface area contributed by atoms with E-state index in [0.717, 1.165) is 0 Å². The van der Waals surface area contributed by atoms with E-state index in [4.69, 9.17) is 4.74 Å². The van der Waals surface area contributed by atoms with Crippen LogP contribution in [0.4, 0.5) is 10.1 Å². The van der Waals surface area contributed by atoms with E-state index in [-0.39, 0.29) is 18.3 Å². The van der Waals surface area contributed by atoms with Gasteiger partial charge in [-0.05, 0) is 49.9 Å². The Balaban J connectivity index is 1.89. The normalized spacial score (nSPS) is 14.6. The van der Waals surface area contributed by atoms with Crippen LogP contribution in [0.3, 0.4) is 0 Å². The Morgan fingerprint density at radius 2 is 2.06 bits per heavy atom. The second-order valence-corrected chi connectivity index (χ2v) is 4.57. The Bertz CT molecular complexity index is 401. The summed E-state index contributed by atoms with van der Waals surface area (Å²) in [4.78, 5) is 13.6. The molecule has 0 N–H and O–H groups in total. The average Bonchev–Trinajstić information content (AvgIpc) is 3.16. The monoisotopic (exact) mass is 251 g/mol. The van der Waals surface area contributed by atoms with Crippen molar-refractivity contribution < 1.29 is 13.9 Å². The van der Waals surface area contributed by atoms with Crippen LogP contribution in [0.25, 0.3) is 0 Å². The van der Waals surface area contributed by atoms with Gasteiger partial charge in [0.05, 0.1) is 6.61 Å². The maximum Gasteiger partial charge on any atom is 0.252 e. The number of hydrogen-bond acceptors (Lipinski definition) is 2. The van der Waals surface area contributed by atoms with Crippen LogP contribution in [0.1, 0.15) is 19.8 Å². The lowest BCUT2D eigenvalue weighted by Gasteiger charge is -2.21. The van der Waals surface area contributed by atoms with Gasteiger partial charge in [0.2, 0.25) is 0 Å². The number of carbonyl (C=O) groups is 1. The molecule has 18 heavy (non-hydrogen) atoms. The minimum atomic E-state index is -0.299. The molecule has 0 bridgehead atoms. The first-order valence-corrected chi connectivity index (χ1v) is 6.34. The molecule has 0 atom stereocenters. The van der Waals surface area contributed by atoms with E-state index in [1.165, 1.54) is 25.0 Å². The van der Waals surface area contributed by atoms with Crippen molar-refractivity contribution in [2.24, 2.45) is 5.92 Å². The van der Waals surface area contributed by atoms with Crippen molar-refractivity contribution in [3.63, 3.8) is 0 Å². The van der Waals surface area contributed by atoms with Crippen LogP contribution in [0.2, 0.25) is 0 Å². The highest BCUT2D eigenvalue weighted by atomic mass is 19.1. The zero-order valence-corrected chi connectivity index (χ0v) is 10.6. The molecule has 0 unspecified atom stereocenters. The molecule has 0 spiro atoms. The minimum absolute atomic E-state index is 0.0789. The molecule has 0 aliphatic heterocycles. The largest absolute Gasteiger partial charge is 0.371 e. The molecule has 2 rings (SSSR count). The lowest BCUT2D eigenvalue weighted by atomic mass is 10.2. The van der Waals surface area contributed by atoms with Crippen LogP contribution in [0.5, 0.6) is 0 Å². The summed E-state index contributed by atoms with van der Waals surface area (Å²) in [6, 6.07) is 5.93. The Morgan fingerprint density at radius 1 is 1.39 bits per heavy atom. The summed E-state index contributed by atoms with van der Waals surface area (Å²) in [5, 5.41) is 0. The average molecular weight is 251 g/mol. The van der Waals surface area contributed by atoms with Crippen molar-refractivity contribution in [3.05, 3.63) is 30.1 Å². The van der Waals surface area contributed by atoms with Crippen molar-refractivity contribution in [2.75, 3.05) is 24.7 Å². The third-order valence-electron chi connectivity index (χ3n) is 3.03. The second-order valence-electron chi connectivity index (χ2n) is 4.57. The molecule has 1 fully saturated rings. The summed E-state index contributed by atoms with van der Waals surface area (Å²) in [6.07, 6.45) is 2.42. The molecule has 1 amide bonds. The highest BCUT2D eigenvalue weighted by Gasteiger charge is 2.22. The van der Waals surface area contributed by atoms with Crippen molar-refractivity contribution in [3.8, 4) is 0 Å². The zero-order chi connectivity index (χ0) is 13.0. The molecule has 0 aromatic heterocycles. The van der Waals surface area contributed by atoms with Crippen LogP contribution >= 0.6 is 0 Å². The Hall–Kier alpha value is -1.42. The van der Waals surface area contributed by atoms with E-state index >= 15 is 0 Å². The molecular weight excluding hydrogens is 233 g/mol. The first kappa shape index (κ1) is 13.0. The molecule has 1 aromatic carbocycles. The van der Waals surface area contributed by atoms with Crippen LogP contribution in [-0.4, -0.2) is 25.7 Å². The summed E-state index contributed by atoms with van der Waals surface area (Å²) >= 11 is 0. The van der Waals surface area contributed by atoms with E-state index in [2.05, 4.69) is 0 Å². The van der Waals surface area contributed by atoms with E-state index in [1.807, 2.05) is 6.92 Å². The van der Waals surface area contributed by atoms with Gasteiger partial charge in [-0.1, -0.05) is 0 Å². The van der Waals surface area contributed by atoms with Gasteiger partial charge in [-0.2, -0.15) is 0 Å². The summed E-state index contributed by atoms with van der Waals surface area (Å²) in [7, 11) is 0. The maximum absolute atomic E-state index is 12.8. The third kappa shape index (κ3) is 3.53. The number of rotatable bonds is 6. The van der Waals surface area contributed by atoms with Crippen LogP contribution in [0, 0.1) is 11.7 Å². The highest BCUT2D eigenvalue weighted by molar-refractivity contribution is 5.94. The van der Waals surface area contributed by atoms with Gasteiger partial charge in [0.1, 0.15) is 12.4 Å². The summed E-state index contributed by atoms with van der Waals surface area (Å²) in [5.74, 6) is 0.274. The fourth-order valence-electron chi connectivity index (χ4n) is 1.80. The number of nitrogens with zero attached hydrogens (tertiary/aromatic N) is 1. The summed E-state index contributed by atoms with van der Waals surface area (Å²) in [5.41, 5.74) is 0.707. The lowest BCUT2D eigenvalue weighted by molar-refractivity contribution is -0.123. The molecule has 3 nitrogen and oxygen atoms in total. The van der Waals surface area contributed by atoms with Crippen LogP contribution in [0.15, 0.2) is 24.3 Å². The standard InChI is InChI=1S/C14H18FNO2/c1-2-16(13-7-5-12(15)6-8-13)14(17)10-18-9-11-3-4-11/h5-8,11H,2-4,9-10H2,1H3. The summed E-state index contributed by atoms with van der Waals surface area (Å²) in [6.45, 7) is 3.22. The van der Waals surface area contributed by atoms with E-state index in [0.29, 0.717) is 24.8 Å². The molecule has 0 radical (unpaired) electrons. The number of amides is 1. The molecule has 1 saturated carbocycles. The molecule has 1 aliphatic rings. The predicted octanol–water partition coefficient (Wildman–Crippen LogP) is 2.61. The maximum atomic E-state index is 12.8. The van der Waals surface area contributed by atoms with Crippen molar-refractivity contribution in [1.82, 2.24) is 0 Å².